The maximum atomic E-state index is 14.1. The van der Waals surface area contributed by atoms with E-state index in [4.69, 9.17) is 5.73 Å². The molecule has 7 heteroatoms. The molecule has 3 N–H and O–H groups in total. The number of nitrogens with zero attached hydrogens (tertiary/aromatic N) is 1. The van der Waals surface area contributed by atoms with Crippen molar-refractivity contribution in [1.29, 1.82) is 0 Å². The van der Waals surface area contributed by atoms with Crippen molar-refractivity contribution in [3.8, 4) is 11.1 Å². The Kier molecular flexibility index (Phi) is 7.36. The van der Waals surface area contributed by atoms with Crippen LogP contribution in [0.5, 0.6) is 0 Å². The largest absolute Gasteiger partial charge is 0.398 e. The maximum Gasteiger partial charge on any atom is 0.256 e. The number of anilines is 2. The van der Waals surface area contributed by atoms with Crippen molar-refractivity contribution in [3.63, 3.8) is 0 Å². The Hall–Kier alpha value is -3.45. The average Bonchev–Trinajstić information content (AvgIpc) is 3.33. The zero-order chi connectivity index (χ0) is 25.1. The number of nitrogens with one attached hydrogen (secondary N) is 1. The second-order valence-corrected chi connectivity index (χ2v) is 10.2. The van der Waals surface area contributed by atoms with Crippen LogP contribution in [0.4, 0.5) is 11.4 Å². The number of carbonyl (C=O) groups excluding carboxylic acids is 3. The van der Waals surface area contributed by atoms with Gasteiger partial charge in [0.1, 0.15) is 6.04 Å². The number of nitrogens with two attached hydrogens (primary N) is 1. The first-order valence-corrected chi connectivity index (χ1v) is 12.9. The van der Waals surface area contributed by atoms with Crippen LogP contribution in [0.2, 0.25) is 0 Å². The second kappa shape index (κ2) is 10.4. The Bertz CT molecular complexity index is 1240. The van der Waals surface area contributed by atoms with Gasteiger partial charge in [0.15, 0.2) is 0 Å². The fourth-order valence-corrected chi connectivity index (χ4v) is 5.28. The van der Waals surface area contributed by atoms with Gasteiger partial charge in [-0.05, 0) is 54.0 Å². The number of benzene rings is 2. The summed E-state index contributed by atoms with van der Waals surface area (Å²) in [6.45, 7) is 5.90. The molecule has 4 rings (SSSR count). The number of fused-ring (bicyclic) bond motifs is 3. The molecule has 2 aromatic carbocycles. The van der Waals surface area contributed by atoms with E-state index >= 15 is 0 Å². The minimum Gasteiger partial charge on any atom is -0.398 e. The van der Waals surface area contributed by atoms with Crippen LogP contribution < -0.4 is 16.0 Å². The smallest absolute Gasteiger partial charge is 0.256 e. The van der Waals surface area contributed by atoms with Gasteiger partial charge in [0.25, 0.3) is 5.91 Å². The van der Waals surface area contributed by atoms with Crippen molar-refractivity contribution in [2.75, 3.05) is 10.6 Å². The van der Waals surface area contributed by atoms with Gasteiger partial charge in [-0.1, -0.05) is 56.7 Å². The molecule has 2 unspecified atom stereocenters. The lowest BCUT2D eigenvalue weighted by Crippen LogP contribution is -2.52. The SMILES string of the molecule is CCC(C)C[C@H](NC(=O)Cc1cccs1)C(=O)N1C(=O)C(C)c2ccccc2-c2c(N)cccc21. The zero-order valence-corrected chi connectivity index (χ0v) is 21.1. The van der Waals surface area contributed by atoms with E-state index in [9.17, 15) is 14.4 Å². The molecule has 0 saturated carbocycles. The molecule has 35 heavy (non-hydrogen) atoms. The first-order chi connectivity index (χ1) is 16.8. The van der Waals surface area contributed by atoms with Gasteiger partial charge in [0.05, 0.1) is 18.0 Å². The van der Waals surface area contributed by atoms with Gasteiger partial charge in [0.2, 0.25) is 11.8 Å². The van der Waals surface area contributed by atoms with Gasteiger partial charge in [-0.25, -0.2) is 4.90 Å². The molecule has 3 atom stereocenters. The Morgan fingerprint density at radius 1 is 1.11 bits per heavy atom. The van der Waals surface area contributed by atoms with Crippen LogP contribution in [0.25, 0.3) is 11.1 Å². The molecular formula is C28H31N3O3S. The third-order valence-corrected chi connectivity index (χ3v) is 7.58. The van der Waals surface area contributed by atoms with E-state index in [1.807, 2.05) is 62.5 Å². The summed E-state index contributed by atoms with van der Waals surface area (Å²) in [7, 11) is 0. The fourth-order valence-electron chi connectivity index (χ4n) is 4.58. The molecule has 0 aliphatic carbocycles. The van der Waals surface area contributed by atoms with E-state index in [2.05, 4.69) is 5.32 Å². The van der Waals surface area contributed by atoms with Gasteiger partial charge in [0, 0.05) is 16.1 Å². The van der Waals surface area contributed by atoms with Crippen molar-refractivity contribution < 1.29 is 14.4 Å². The summed E-state index contributed by atoms with van der Waals surface area (Å²) in [5.41, 5.74) is 9.69. The van der Waals surface area contributed by atoms with E-state index in [0.717, 1.165) is 22.4 Å². The van der Waals surface area contributed by atoms with E-state index in [0.29, 0.717) is 23.4 Å². The van der Waals surface area contributed by atoms with Gasteiger partial charge < -0.3 is 11.1 Å². The summed E-state index contributed by atoms with van der Waals surface area (Å²) >= 11 is 1.50. The van der Waals surface area contributed by atoms with E-state index in [-0.39, 0.29) is 24.2 Å². The molecule has 1 aromatic heterocycles. The Morgan fingerprint density at radius 3 is 2.60 bits per heavy atom. The second-order valence-electron chi connectivity index (χ2n) is 9.19. The fraction of sp³-hybridized carbons (Fsp3) is 0.321. The van der Waals surface area contributed by atoms with Crippen LogP contribution in [0.15, 0.2) is 60.0 Å². The summed E-state index contributed by atoms with van der Waals surface area (Å²) in [5, 5.41) is 4.85. The first kappa shape index (κ1) is 24.7. The number of hydrogen-bond acceptors (Lipinski definition) is 5. The van der Waals surface area contributed by atoms with Crippen molar-refractivity contribution in [2.24, 2.45) is 5.92 Å². The molecule has 0 radical (unpaired) electrons. The van der Waals surface area contributed by atoms with E-state index < -0.39 is 17.9 Å². The lowest BCUT2D eigenvalue weighted by molar-refractivity contribution is -0.131. The average molecular weight is 490 g/mol. The molecule has 3 amide bonds. The number of imide groups is 1. The molecule has 0 saturated heterocycles. The number of thiophene rings is 1. The quantitative estimate of drug-likeness (QED) is 0.450. The van der Waals surface area contributed by atoms with E-state index in [1.54, 1.807) is 18.2 Å². The third-order valence-electron chi connectivity index (χ3n) is 6.71. The molecule has 3 aromatic rings. The standard InChI is InChI=1S/C28H31N3O3S/c1-4-17(2)15-23(30-25(32)16-19-9-8-14-35-19)28(34)31-24-13-7-12-22(29)26(24)21-11-6-5-10-20(21)18(3)27(31)33/h5-14,17-18,23H,4,15-16,29H2,1-3H3,(H,30,32)/t17?,18?,23-/m0/s1. The van der Waals surface area contributed by atoms with Crippen LogP contribution in [-0.4, -0.2) is 23.8 Å². The van der Waals surface area contributed by atoms with Crippen LogP contribution in [-0.2, 0) is 20.8 Å². The van der Waals surface area contributed by atoms with Gasteiger partial charge in [-0.2, -0.15) is 0 Å². The minimum atomic E-state index is -0.830. The number of carbonyl (C=O) groups is 3. The molecule has 0 bridgehead atoms. The number of amides is 3. The highest BCUT2D eigenvalue weighted by Crippen LogP contribution is 2.44. The van der Waals surface area contributed by atoms with Crippen molar-refractivity contribution in [3.05, 3.63) is 70.4 Å². The highest BCUT2D eigenvalue weighted by molar-refractivity contribution is 7.10. The summed E-state index contributed by atoms with van der Waals surface area (Å²) in [6, 6.07) is 15.9. The van der Waals surface area contributed by atoms with Crippen molar-refractivity contribution >= 4 is 40.4 Å². The lowest BCUT2D eigenvalue weighted by atomic mass is 9.92. The summed E-state index contributed by atoms with van der Waals surface area (Å²) in [4.78, 5) is 42.9. The number of rotatable bonds is 7. The third kappa shape index (κ3) is 5.00. The van der Waals surface area contributed by atoms with Gasteiger partial charge >= 0.3 is 0 Å². The Morgan fingerprint density at radius 2 is 1.89 bits per heavy atom. The summed E-state index contributed by atoms with van der Waals surface area (Å²) in [6.07, 6.45) is 1.49. The summed E-state index contributed by atoms with van der Waals surface area (Å²) in [5.74, 6) is -1.36. The van der Waals surface area contributed by atoms with Crippen molar-refractivity contribution in [1.82, 2.24) is 5.32 Å². The lowest BCUT2D eigenvalue weighted by Gasteiger charge is -2.29. The highest BCUT2D eigenvalue weighted by atomic mass is 32.1. The Labute approximate surface area is 210 Å². The molecule has 6 nitrogen and oxygen atoms in total. The molecular weight excluding hydrogens is 458 g/mol. The molecule has 2 heterocycles. The normalized spacial score (nSPS) is 16.6. The first-order valence-electron chi connectivity index (χ1n) is 12.0. The molecule has 0 fully saturated rings. The van der Waals surface area contributed by atoms with Crippen LogP contribution >= 0.6 is 11.3 Å². The Balaban J connectivity index is 1.75. The highest BCUT2D eigenvalue weighted by Gasteiger charge is 2.39. The van der Waals surface area contributed by atoms with Crippen LogP contribution in [0.1, 0.15) is 50.0 Å². The topological polar surface area (TPSA) is 92.5 Å². The molecule has 1 aliphatic rings. The molecule has 1 aliphatic heterocycles. The maximum absolute atomic E-state index is 14.1. The number of nitrogen functional groups attached to an aromatic ring is 1. The monoisotopic (exact) mass is 489 g/mol. The van der Waals surface area contributed by atoms with Crippen molar-refractivity contribution in [2.45, 2.75) is 52.0 Å². The van der Waals surface area contributed by atoms with Gasteiger partial charge in [-0.3, -0.25) is 14.4 Å². The molecule has 0 spiro atoms. The van der Waals surface area contributed by atoms with Crippen LogP contribution in [0.3, 0.4) is 0 Å². The number of hydrogen-bond donors (Lipinski definition) is 2. The summed E-state index contributed by atoms with van der Waals surface area (Å²) < 4.78 is 0. The minimum absolute atomic E-state index is 0.183. The van der Waals surface area contributed by atoms with E-state index in [1.165, 1.54) is 16.2 Å². The molecule has 182 valence electrons. The zero-order valence-electron chi connectivity index (χ0n) is 20.3. The predicted molar refractivity (Wildman–Crippen MR) is 141 cm³/mol. The van der Waals surface area contributed by atoms with Gasteiger partial charge in [-0.15, -0.1) is 11.3 Å². The van der Waals surface area contributed by atoms with Crippen LogP contribution in [0, 0.1) is 5.92 Å². The predicted octanol–water partition coefficient (Wildman–Crippen LogP) is 5.14.